The number of ketones is 1. The summed E-state index contributed by atoms with van der Waals surface area (Å²) in [7, 11) is 0. The zero-order valence-corrected chi connectivity index (χ0v) is 10.7. The second-order valence-corrected chi connectivity index (χ2v) is 4.28. The van der Waals surface area contributed by atoms with E-state index in [0.717, 1.165) is 0 Å². The molecule has 1 aromatic rings. The fraction of sp³-hybridized carbons (Fsp3) is 0.222. The molecule has 0 heterocycles. The van der Waals surface area contributed by atoms with E-state index < -0.39 is 23.3 Å². The van der Waals surface area contributed by atoms with E-state index in [-0.39, 0.29) is 15.4 Å². The molecular weight excluding hydrogens is 360 g/mol. The van der Waals surface area contributed by atoms with Gasteiger partial charge in [-0.25, -0.2) is 4.39 Å². The molecule has 0 atom stereocenters. The minimum atomic E-state index is -4.78. The highest BCUT2D eigenvalue weighted by Crippen LogP contribution is 2.34. The van der Waals surface area contributed by atoms with Gasteiger partial charge < -0.3 is 0 Å². The monoisotopic (exact) mass is 362 g/mol. The highest BCUT2D eigenvalue weighted by molar-refractivity contribution is 9.10. The topological polar surface area (TPSA) is 17.1 Å². The lowest BCUT2D eigenvalue weighted by molar-refractivity contribution is -0.140. The summed E-state index contributed by atoms with van der Waals surface area (Å²) in [6, 6.07) is 1.14. The summed E-state index contributed by atoms with van der Waals surface area (Å²) in [5, 5.41) is -0.0869. The molecule has 0 saturated heterocycles. The van der Waals surface area contributed by atoms with Gasteiger partial charge in [0.25, 0.3) is 0 Å². The molecule has 0 bridgehead atoms. The molecule has 0 aliphatic heterocycles. The molecule has 0 saturated carbocycles. The number of benzene rings is 1. The fourth-order valence-corrected chi connectivity index (χ4v) is 1.92. The summed E-state index contributed by atoms with van der Waals surface area (Å²) < 4.78 is 49.9. The first-order valence-corrected chi connectivity index (χ1v) is 5.84. The number of rotatable bonds is 2. The first-order chi connectivity index (χ1) is 7.27. The Hall–Kier alpha value is -0.430. The van der Waals surface area contributed by atoms with Crippen LogP contribution in [0.1, 0.15) is 15.9 Å². The van der Waals surface area contributed by atoms with Crippen LogP contribution in [0.25, 0.3) is 0 Å². The lowest BCUT2D eigenvalue weighted by atomic mass is 10.1. The Kier molecular flexibility index (Phi) is 4.12. The van der Waals surface area contributed by atoms with Gasteiger partial charge in [0, 0.05) is 10.0 Å². The molecule has 0 spiro atoms. The molecule has 0 fully saturated rings. The molecule has 0 amide bonds. The molecule has 0 aliphatic carbocycles. The van der Waals surface area contributed by atoms with Crippen molar-refractivity contribution in [3.05, 3.63) is 33.5 Å². The van der Waals surface area contributed by atoms with E-state index >= 15 is 0 Å². The van der Waals surface area contributed by atoms with E-state index in [0.29, 0.717) is 12.1 Å². The maximum Gasteiger partial charge on any atom is 0.419 e. The number of carbonyl (C=O) groups is 1. The van der Waals surface area contributed by atoms with E-state index in [1.54, 1.807) is 0 Å². The van der Waals surface area contributed by atoms with Crippen LogP contribution in [0.5, 0.6) is 0 Å². The van der Waals surface area contributed by atoms with Gasteiger partial charge in [-0.05, 0) is 12.1 Å². The van der Waals surface area contributed by atoms with E-state index in [2.05, 4.69) is 31.9 Å². The van der Waals surface area contributed by atoms with Gasteiger partial charge >= 0.3 is 6.18 Å². The van der Waals surface area contributed by atoms with Gasteiger partial charge in [0.1, 0.15) is 5.82 Å². The Balaban J connectivity index is 3.33. The Morgan fingerprint density at radius 3 is 2.31 bits per heavy atom. The van der Waals surface area contributed by atoms with Crippen molar-refractivity contribution in [3.63, 3.8) is 0 Å². The van der Waals surface area contributed by atoms with Gasteiger partial charge in [0.05, 0.1) is 10.9 Å². The van der Waals surface area contributed by atoms with E-state index in [1.165, 1.54) is 0 Å². The normalized spacial score (nSPS) is 11.6. The fourth-order valence-electron chi connectivity index (χ4n) is 1.05. The summed E-state index contributed by atoms with van der Waals surface area (Å²) in [5.74, 6) is -1.96. The average molecular weight is 364 g/mol. The number of hydrogen-bond donors (Lipinski definition) is 0. The maximum atomic E-state index is 13.1. The van der Waals surface area contributed by atoms with Crippen molar-refractivity contribution in [2.24, 2.45) is 0 Å². The zero-order chi connectivity index (χ0) is 12.5. The van der Waals surface area contributed by atoms with Gasteiger partial charge in [-0.3, -0.25) is 4.79 Å². The van der Waals surface area contributed by atoms with E-state index in [9.17, 15) is 22.4 Å². The van der Waals surface area contributed by atoms with Crippen molar-refractivity contribution in [1.82, 2.24) is 0 Å². The number of Topliss-reactive ketones (excluding diaryl/α,β-unsaturated/α-hetero) is 1. The van der Waals surface area contributed by atoms with Crippen molar-refractivity contribution in [3.8, 4) is 0 Å². The lowest BCUT2D eigenvalue weighted by Gasteiger charge is -2.10. The van der Waals surface area contributed by atoms with Crippen LogP contribution in [0.3, 0.4) is 0 Å². The highest BCUT2D eigenvalue weighted by Gasteiger charge is 2.35. The molecule has 0 aromatic heterocycles. The maximum absolute atomic E-state index is 13.1. The Morgan fingerprint density at radius 2 is 1.88 bits per heavy atom. The van der Waals surface area contributed by atoms with Crippen molar-refractivity contribution in [1.29, 1.82) is 0 Å². The SMILES string of the molecule is O=C(CBr)c1cc(F)c(C(F)(F)F)cc1Br. The molecule has 0 unspecified atom stereocenters. The molecule has 16 heavy (non-hydrogen) atoms. The molecule has 1 nitrogen and oxygen atoms in total. The standard InChI is InChI=1S/C9H4Br2F4O/c10-3-8(16)4-1-7(12)5(2-6(4)11)9(13,14)15/h1-2H,3H2. The smallest absolute Gasteiger partial charge is 0.293 e. The average Bonchev–Trinajstić information content (AvgIpc) is 2.18. The quantitative estimate of drug-likeness (QED) is 0.437. The summed E-state index contributed by atoms with van der Waals surface area (Å²) in [5.41, 5.74) is -1.52. The van der Waals surface area contributed by atoms with Crippen LogP contribution in [-0.2, 0) is 6.18 Å². The van der Waals surface area contributed by atoms with Crippen LogP contribution in [0.2, 0.25) is 0 Å². The largest absolute Gasteiger partial charge is 0.419 e. The van der Waals surface area contributed by atoms with Crippen LogP contribution in [0, 0.1) is 5.82 Å². The minimum Gasteiger partial charge on any atom is -0.293 e. The number of carbonyl (C=O) groups excluding carboxylic acids is 1. The van der Waals surface area contributed by atoms with Gasteiger partial charge in [0.15, 0.2) is 5.78 Å². The Labute approximate surface area is 105 Å². The predicted molar refractivity (Wildman–Crippen MR) is 57.2 cm³/mol. The van der Waals surface area contributed by atoms with Gasteiger partial charge in [-0.2, -0.15) is 13.2 Å². The molecule has 1 rings (SSSR count). The van der Waals surface area contributed by atoms with Crippen molar-refractivity contribution in [2.45, 2.75) is 6.18 Å². The van der Waals surface area contributed by atoms with Gasteiger partial charge in [0.2, 0.25) is 0 Å². The highest BCUT2D eigenvalue weighted by atomic mass is 79.9. The van der Waals surface area contributed by atoms with Crippen LogP contribution in [0.4, 0.5) is 17.6 Å². The first-order valence-electron chi connectivity index (χ1n) is 3.92. The van der Waals surface area contributed by atoms with E-state index in [4.69, 9.17) is 0 Å². The molecule has 0 aliphatic rings. The Morgan fingerprint density at radius 1 is 1.31 bits per heavy atom. The zero-order valence-electron chi connectivity index (χ0n) is 7.54. The number of halogens is 6. The molecular formula is C9H4Br2F4O. The molecule has 88 valence electrons. The van der Waals surface area contributed by atoms with Gasteiger partial charge in [-0.1, -0.05) is 31.9 Å². The summed E-state index contributed by atoms with van der Waals surface area (Å²) in [6.07, 6.45) is -4.78. The summed E-state index contributed by atoms with van der Waals surface area (Å²) in [6.45, 7) is 0. The molecule has 1 aromatic carbocycles. The lowest BCUT2D eigenvalue weighted by Crippen LogP contribution is -2.11. The second-order valence-electron chi connectivity index (χ2n) is 2.87. The molecule has 0 radical (unpaired) electrons. The van der Waals surface area contributed by atoms with Crippen molar-refractivity contribution in [2.75, 3.05) is 5.33 Å². The third-order valence-corrected chi connectivity index (χ3v) is 2.95. The first kappa shape index (κ1) is 13.6. The van der Waals surface area contributed by atoms with Crippen LogP contribution in [0.15, 0.2) is 16.6 Å². The summed E-state index contributed by atoms with van der Waals surface area (Å²) >= 11 is 5.66. The van der Waals surface area contributed by atoms with Crippen LogP contribution in [-0.4, -0.2) is 11.1 Å². The van der Waals surface area contributed by atoms with E-state index in [1.807, 2.05) is 0 Å². The van der Waals surface area contributed by atoms with Crippen LogP contribution >= 0.6 is 31.9 Å². The van der Waals surface area contributed by atoms with Crippen molar-refractivity contribution >= 4 is 37.6 Å². The van der Waals surface area contributed by atoms with Crippen molar-refractivity contribution < 1.29 is 22.4 Å². The van der Waals surface area contributed by atoms with Gasteiger partial charge in [-0.15, -0.1) is 0 Å². The second kappa shape index (κ2) is 4.83. The third kappa shape index (κ3) is 2.82. The molecule has 0 N–H and O–H groups in total. The summed E-state index contributed by atoms with van der Waals surface area (Å²) in [4.78, 5) is 11.2. The third-order valence-electron chi connectivity index (χ3n) is 1.78. The predicted octanol–water partition coefficient (Wildman–Crippen LogP) is 4.18. The minimum absolute atomic E-state index is 0.0781. The Bertz CT molecular complexity index is 428. The number of alkyl halides is 4. The molecule has 7 heteroatoms. The van der Waals surface area contributed by atoms with Crippen LogP contribution < -0.4 is 0 Å². The number of hydrogen-bond acceptors (Lipinski definition) is 1.